The molecule has 2 aromatic rings. The Bertz CT molecular complexity index is 459. The van der Waals surface area contributed by atoms with Crippen molar-refractivity contribution in [2.24, 2.45) is 0 Å². The van der Waals surface area contributed by atoms with Crippen LogP contribution in [0.5, 0.6) is 0 Å². The van der Waals surface area contributed by atoms with Gasteiger partial charge in [0.2, 0.25) is 0 Å². The average molecular weight is 250 g/mol. The number of imidazole rings is 1. The molecule has 0 aliphatic heterocycles. The Hall–Kier alpha value is -1.13. The number of rotatable bonds is 5. The van der Waals surface area contributed by atoms with Crippen molar-refractivity contribution in [3.63, 3.8) is 0 Å². The van der Waals surface area contributed by atoms with Crippen molar-refractivity contribution < 1.29 is 5.11 Å². The number of nitrogens with zero attached hydrogens (tertiary/aromatic N) is 2. The molecule has 1 N–H and O–H groups in total. The third-order valence-electron chi connectivity index (χ3n) is 2.82. The van der Waals surface area contributed by atoms with E-state index >= 15 is 0 Å². The van der Waals surface area contributed by atoms with E-state index in [9.17, 15) is 5.11 Å². The van der Waals surface area contributed by atoms with Crippen LogP contribution in [-0.2, 0) is 18.6 Å². The summed E-state index contributed by atoms with van der Waals surface area (Å²) >= 11 is 1.58. The first-order chi connectivity index (χ1) is 8.13. The summed E-state index contributed by atoms with van der Waals surface area (Å²) < 4.78 is 2.11. The second-order valence-corrected chi connectivity index (χ2v) is 5.41. The zero-order valence-corrected chi connectivity index (χ0v) is 11.1. The molecule has 0 saturated heterocycles. The standard InChI is InChI=1S/C13H18N2OS/c1-3-7-15-8-6-14-12(15)10-13(2,16)11-5-4-9-17-11/h4-6,8-9,16H,3,7,10H2,1-2H3. The zero-order valence-electron chi connectivity index (χ0n) is 10.3. The molecule has 3 nitrogen and oxygen atoms in total. The van der Waals surface area contributed by atoms with Crippen LogP contribution in [0.3, 0.4) is 0 Å². The normalized spacial score (nSPS) is 14.8. The Morgan fingerprint density at radius 1 is 1.53 bits per heavy atom. The summed E-state index contributed by atoms with van der Waals surface area (Å²) in [5, 5.41) is 12.5. The first-order valence-corrected chi connectivity index (χ1v) is 6.78. The highest BCUT2D eigenvalue weighted by atomic mass is 32.1. The van der Waals surface area contributed by atoms with Crippen molar-refractivity contribution in [3.8, 4) is 0 Å². The van der Waals surface area contributed by atoms with E-state index in [2.05, 4.69) is 16.5 Å². The third-order valence-corrected chi connectivity index (χ3v) is 3.94. The number of thiophene rings is 1. The second-order valence-electron chi connectivity index (χ2n) is 4.46. The van der Waals surface area contributed by atoms with E-state index in [1.165, 1.54) is 0 Å². The van der Waals surface area contributed by atoms with Gasteiger partial charge in [0.15, 0.2) is 0 Å². The SMILES string of the molecule is CCCn1ccnc1CC(C)(O)c1cccs1. The van der Waals surface area contributed by atoms with Crippen LogP contribution < -0.4 is 0 Å². The van der Waals surface area contributed by atoms with Gasteiger partial charge in [-0.3, -0.25) is 0 Å². The Kier molecular flexibility index (Phi) is 3.64. The lowest BCUT2D eigenvalue weighted by Crippen LogP contribution is -2.25. The van der Waals surface area contributed by atoms with Crippen molar-refractivity contribution in [2.45, 2.75) is 38.8 Å². The molecule has 0 aliphatic rings. The van der Waals surface area contributed by atoms with E-state index in [0.717, 1.165) is 23.7 Å². The quantitative estimate of drug-likeness (QED) is 0.886. The smallest absolute Gasteiger partial charge is 0.111 e. The summed E-state index contributed by atoms with van der Waals surface area (Å²) in [6, 6.07) is 3.94. The fourth-order valence-electron chi connectivity index (χ4n) is 1.93. The van der Waals surface area contributed by atoms with Gasteiger partial charge in [-0.25, -0.2) is 4.98 Å². The molecular formula is C13H18N2OS. The molecule has 1 atom stereocenters. The minimum atomic E-state index is -0.828. The molecule has 92 valence electrons. The molecule has 2 heterocycles. The van der Waals surface area contributed by atoms with E-state index < -0.39 is 5.60 Å². The lowest BCUT2D eigenvalue weighted by atomic mass is 10.00. The molecule has 0 saturated carbocycles. The minimum Gasteiger partial charge on any atom is -0.384 e. The lowest BCUT2D eigenvalue weighted by Gasteiger charge is -2.22. The predicted molar refractivity (Wildman–Crippen MR) is 70.1 cm³/mol. The van der Waals surface area contributed by atoms with Gasteiger partial charge in [0.05, 0.1) is 0 Å². The molecule has 1 unspecified atom stereocenters. The van der Waals surface area contributed by atoms with Crippen molar-refractivity contribution in [1.82, 2.24) is 9.55 Å². The molecule has 0 amide bonds. The maximum atomic E-state index is 10.5. The maximum Gasteiger partial charge on any atom is 0.111 e. The molecule has 17 heavy (non-hydrogen) atoms. The highest BCUT2D eigenvalue weighted by Gasteiger charge is 2.26. The lowest BCUT2D eigenvalue weighted by molar-refractivity contribution is 0.0583. The van der Waals surface area contributed by atoms with Crippen LogP contribution >= 0.6 is 11.3 Å². The summed E-state index contributed by atoms with van der Waals surface area (Å²) in [4.78, 5) is 5.33. The van der Waals surface area contributed by atoms with Crippen LogP contribution in [0.15, 0.2) is 29.9 Å². The van der Waals surface area contributed by atoms with Crippen LogP contribution in [0.4, 0.5) is 0 Å². The van der Waals surface area contributed by atoms with E-state index in [4.69, 9.17) is 0 Å². The highest BCUT2D eigenvalue weighted by Crippen LogP contribution is 2.28. The van der Waals surface area contributed by atoms with Crippen LogP contribution in [0.1, 0.15) is 31.0 Å². The Balaban J connectivity index is 2.17. The number of aryl methyl sites for hydroxylation is 1. The van der Waals surface area contributed by atoms with Crippen molar-refractivity contribution in [2.75, 3.05) is 0 Å². The number of hydrogen-bond donors (Lipinski definition) is 1. The van der Waals surface area contributed by atoms with Crippen LogP contribution in [0.2, 0.25) is 0 Å². The first-order valence-electron chi connectivity index (χ1n) is 5.90. The molecule has 0 bridgehead atoms. The fourth-order valence-corrected chi connectivity index (χ4v) is 2.72. The molecule has 0 aromatic carbocycles. The van der Waals surface area contributed by atoms with Crippen molar-refractivity contribution in [1.29, 1.82) is 0 Å². The third kappa shape index (κ3) is 2.76. The largest absolute Gasteiger partial charge is 0.384 e. The summed E-state index contributed by atoms with van der Waals surface area (Å²) in [6.45, 7) is 4.95. The Morgan fingerprint density at radius 3 is 3.00 bits per heavy atom. The van der Waals surface area contributed by atoms with E-state index in [1.807, 2.05) is 30.6 Å². The van der Waals surface area contributed by atoms with E-state index in [-0.39, 0.29) is 0 Å². The highest BCUT2D eigenvalue weighted by molar-refractivity contribution is 7.10. The molecule has 0 aliphatic carbocycles. The van der Waals surface area contributed by atoms with Crippen LogP contribution in [0.25, 0.3) is 0 Å². The first kappa shape index (κ1) is 12.3. The monoisotopic (exact) mass is 250 g/mol. The van der Waals surface area contributed by atoms with Gasteiger partial charge in [-0.1, -0.05) is 13.0 Å². The molecule has 4 heteroatoms. The van der Waals surface area contributed by atoms with Crippen LogP contribution in [0, 0.1) is 0 Å². The van der Waals surface area contributed by atoms with Gasteiger partial charge in [-0.05, 0) is 24.8 Å². The number of aliphatic hydroxyl groups is 1. The molecule has 0 fully saturated rings. The van der Waals surface area contributed by atoms with Gasteiger partial charge in [-0.15, -0.1) is 11.3 Å². The van der Waals surface area contributed by atoms with E-state index in [0.29, 0.717) is 6.42 Å². The molecule has 0 radical (unpaired) electrons. The molecule has 2 aromatic heterocycles. The summed E-state index contributed by atoms with van der Waals surface area (Å²) in [5.41, 5.74) is -0.828. The van der Waals surface area contributed by atoms with Gasteiger partial charge >= 0.3 is 0 Å². The molecule has 0 spiro atoms. The minimum absolute atomic E-state index is 0.556. The average Bonchev–Trinajstić information content (AvgIpc) is 2.90. The van der Waals surface area contributed by atoms with Gasteiger partial charge in [0.25, 0.3) is 0 Å². The predicted octanol–water partition coefficient (Wildman–Crippen LogP) is 2.80. The van der Waals surface area contributed by atoms with Crippen molar-refractivity contribution >= 4 is 11.3 Å². The van der Waals surface area contributed by atoms with Gasteiger partial charge in [0.1, 0.15) is 11.4 Å². The Morgan fingerprint density at radius 2 is 2.35 bits per heavy atom. The topological polar surface area (TPSA) is 38.0 Å². The van der Waals surface area contributed by atoms with Crippen LogP contribution in [-0.4, -0.2) is 14.7 Å². The number of hydrogen-bond acceptors (Lipinski definition) is 3. The number of aromatic nitrogens is 2. The van der Waals surface area contributed by atoms with E-state index in [1.54, 1.807) is 17.5 Å². The summed E-state index contributed by atoms with van der Waals surface area (Å²) in [5.74, 6) is 0.949. The van der Waals surface area contributed by atoms with Gasteiger partial charge < -0.3 is 9.67 Å². The van der Waals surface area contributed by atoms with Gasteiger partial charge in [-0.2, -0.15) is 0 Å². The second kappa shape index (κ2) is 5.02. The summed E-state index contributed by atoms with van der Waals surface area (Å²) in [7, 11) is 0. The fraction of sp³-hybridized carbons (Fsp3) is 0.462. The summed E-state index contributed by atoms with van der Waals surface area (Å²) in [6.07, 6.45) is 5.41. The Labute approximate surface area is 106 Å². The maximum absolute atomic E-state index is 10.5. The van der Waals surface area contributed by atoms with Crippen molar-refractivity contribution in [3.05, 3.63) is 40.6 Å². The molecule has 2 rings (SSSR count). The molecular weight excluding hydrogens is 232 g/mol. The van der Waals surface area contributed by atoms with Gasteiger partial charge in [0, 0.05) is 30.2 Å². The zero-order chi connectivity index (χ0) is 12.3.